The van der Waals surface area contributed by atoms with E-state index in [0.717, 1.165) is 35.9 Å². The van der Waals surface area contributed by atoms with Crippen LogP contribution in [0.1, 0.15) is 32.1 Å². The van der Waals surface area contributed by atoms with Crippen LogP contribution in [-0.2, 0) is 9.59 Å². The molecule has 8 heteroatoms. The molecule has 2 amide bonds. The van der Waals surface area contributed by atoms with Crippen molar-refractivity contribution in [3.05, 3.63) is 12.1 Å². The molecule has 1 aromatic carbocycles. The van der Waals surface area contributed by atoms with Crippen molar-refractivity contribution >= 4 is 38.5 Å². The first-order valence-corrected chi connectivity index (χ1v) is 9.78. The molecule has 0 radical (unpaired) electrons. The minimum atomic E-state index is -0.273. The number of carbonyl (C=O) groups is 2. The summed E-state index contributed by atoms with van der Waals surface area (Å²) in [5.41, 5.74) is 0.751. The van der Waals surface area contributed by atoms with Crippen LogP contribution in [0.3, 0.4) is 0 Å². The molecular formula is C18H21N3O4S. The van der Waals surface area contributed by atoms with E-state index in [1.807, 2.05) is 12.1 Å². The third kappa shape index (κ3) is 3.75. The first kappa shape index (κ1) is 17.1. The number of anilines is 1. The Hall–Kier alpha value is -2.35. The Balaban J connectivity index is 1.35. The summed E-state index contributed by atoms with van der Waals surface area (Å²) < 4.78 is 12.0. The number of hydrogen-bond donors (Lipinski definition) is 2. The summed E-state index contributed by atoms with van der Waals surface area (Å²) in [5.74, 6) is 1.12. The lowest BCUT2D eigenvalue weighted by Gasteiger charge is -2.20. The van der Waals surface area contributed by atoms with Crippen LogP contribution in [0.5, 0.6) is 11.5 Å². The number of rotatable bonds is 4. The van der Waals surface area contributed by atoms with Gasteiger partial charge in [0, 0.05) is 18.1 Å². The fourth-order valence-corrected chi connectivity index (χ4v) is 4.25. The number of nitrogens with one attached hydrogen (secondary N) is 2. The first-order valence-electron chi connectivity index (χ1n) is 8.97. The summed E-state index contributed by atoms with van der Waals surface area (Å²) in [4.78, 5) is 28.7. The topological polar surface area (TPSA) is 89.6 Å². The largest absolute Gasteiger partial charge is 0.486 e. The van der Waals surface area contributed by atoms with Gasteiger partial charge in [-0.25, -0.2) is 4.98 Å². The van der Waals surface area contributed by atoms with Crippen LogP contribution in [0.2, 0.25) is 0 Å². The Kier molecular flexibility index (Phi) is 4.92. The molecule has 1 aromatic heterocycles. The number of thiazole rings is 1. The smallest absolute Gasteiger partial charge is 0.245 e. The molecule has 1 aliphatic carbocycles. The monoisotopic (exact) mass is 375 g/mol. The van der Waals surface area contributed by atoms with E-state index in [-0.39, 0.29) is 24.3 Å². The van der Waals surface area contributed by atoms with E-state index in [1.54, 1.807) is 0 Å². The van der Waals surface area contributed by atoms with Crippen molar-refractivity contribution in [1.29, 1.82) is 0 Å². The van der Waals surface area contributed by atoms with Crippen molar-refractivity contribution in [2.24, 2.45) is 5.92 Å². The maximum Gasteiger partial charge on any atom is 0.245 e. The summed E-state index contributed by atoms with van der Waals surface area (Å²) in [7, 11) is 0. The lowest BCUT2D eigenvalue weighted by Crippen LogP contribution is -2.37. The summed E-state index contributed by atoms with van der Waals surface area (Å²) in [6, 6.07) is 3.70. The summed E-state index contributed by atoms with van der Waals surface area (Å²) in [6.45, 7) is 1.02. The normalized spacial score (nSPS) is 17.1. The van der Waals surface area contributed by atoms with Crippen LogP contribution in [0.4, 0.5) is 5.13 Å². The van der Waals surface area contributed by atoms with E-state index < -0.39 is 0 Å². The van der Waals surface area contributed by atoms with E-state index in [0.29, 0.717) is 29.8 Å². The van der Waals surface area contributed by atoms with E-state index in [9.17, 15) is 9.59 Å². The van der Waals surface area contributed by atoms with Crippen LogP contribution in [0.15, 0.2) is 12.1 Å². The number of carbonyl (C=O) groups excluding carboxylic acids is 2. The number of nitrogens with zero attached hydrogens (tertiary/aromatic N) is 1. The molecule has 0 spiro atoms. The van der Waals surface area contributed by atoms with Gasteiger partial charge in [0.25, 0.3) is 0 Å². The molecule has 7 nitrogen and oxygen atoms in total. The molecule has 0 atom stereocenters. The molecule has 2 heterocycles. The van der Waals surface area contributed by atoms with Crippen LogP contribution in [-0.4, -0.2) is 36.6 Å². The van der Waals surface area contributed by atoms with Gasteiger partial charge in [-0.1, -0.05) is 30.6 Å². The molecule has 4 rings (SSSR count). The van der Waals surface area contributed by atoms with Gasteiger partial charge in [-0.05, 0) is 12.8 Å². The zero-order valence-corrected chi connectivity index (χ0v) is 15.2. The highest BCUT2D eigenvalue weighted by atomic mass is 32.1. The molecule has 2 N–H and O–H groups in total. The highest BCUT2D eigenvalue weighted by molar-refractivity contribution is 7.22. The average Bonchev–Trinajstić information content (AvgIpc) is 3.05. The van der Waals surface area contributed by atoms with Gasteiger partial charge in [-0.15, -0.1) is 0 Å². The molecule has 0 saturated heterocycles. The summed E-state index contributed by atoms with van der Waals surface area (Å²) in [5, 5.41) is 5.99. The number of fused-ring (bicyclic) bond motifs is 2. The fraction of sp³-hybridized carbons (Fsp3) is 0.500. The van der Waals surface area contributed by atoms with Crippen molar-refractivity contribution in [1.82, 2.24) is 10.3 Å². The zero-order chi connectivity index (χ0) is 17.9. The Morgan fingerprint density at radius 2 is 1.85 bits per heavy atom. The van der Waals surface area contributed by atoms with Crippen molar-refractivity contribution in [3.63, 3.8) is 0 Å². The lowest BCUT2D eigenvalue weighted by atomic mass is 9.89. The minimum absolute atomic E-state index is 0.0221. The van der Waals surface area contributed by atoms with Gasteiger partial charge in [-0.2, -0.15) is 0 Å². The van der Waals surface area contributed by atoms with Gasteiger partial charge in [0.05, 0.1) is 16.8 Å². The van der Waals surface area contributed by atoms with E-state index in [4.69, 9.17) is 9.47 Å². The second kappa shape index (κ2) is 7.49. The van der Waals surface area contributed by atoms with Crippen LogP contribution >= 0.6 is 11.3 Å². The highest BCUT2D eigenvalue weighted by Crippen LogP contribution is 2.37. The van der Waals surface area contributed by atoms with Crippen LogP contribution < -0.4 is 20.1 Å². The molecule has 0 unspecified atom stereocenters. The van der Waals surface area contributed by atoms with Gasteiger partial charge in [0.15, 0.2) is 16.6 Å². The SMILES string of the molecule is O=C(CNC(=O)C1CCCCC1)Nc1nc2cc3c(cc2s1)OCCO3. The molecule has 0 bridgehead atoms. The Morgan fingerprint density at radius 3 is 2.62 bits per heavy atom. The molecule has 2 aromatic rings. The number of ether oxygens (including phenoxy) is 2. The van der Waals surface area contributed by atoms with Crippen LogP contribution in [0.25, 0.3) is 10.2 Å². The van der Waals surface area contributed by atoms with Crippen molar-refractivity contribution in [2.45, 2.75) is 32.1 Å². The summed E-state index contributed by atoms with van der Waals surface area (Å²) >= 11 is 1.37. The van der Waals surface area contributed by atoms with Gasteiger partial charge < -0.3 is 20.1 Å². The number of benzene rings is 1. The predicted octanol–water partition coefficient (Wildman–Crippen LogP) is 2.70. The Labute approximate surface area is 155 Å². The number of aromatic nitrogens is 1. The number of hydrogen-bond acceptors (Lipinski definition) is 6. The second-order valence-electron chi connectivity index (χ2n) is 6.58. The quantitative estimate of drug-likeness (QED) is 0.858. The van der Waals surface area contributed by atoms with E-state index in [1.165, 1.54) is 17.8 Å². The third-order valence-corrected chi connectivity index (χ3v) is 5.63. The molecule has 2 aliphatic rings. The van der Waals surface area contributed by atoms with Crippen molar-refractivity contribution in [3.8, 4) is 11.5 Å². The molecule has 138 valence electrons. The van der Waals surface area contributed by atoms with Crippen molar-refractivity contribution in [2.75, 3.05) is 25.1 Å². The third-order valence-electron chi connectivity index (χ3n) is 4.70. The average molecular weight is 375 g/mol. The Bertz CT molecular complexity index is 786. The zero-order valence-electron chi connectivity index (χ0n) is 14.4. The van der Waals surface area contributed by atoms with Crippen molar-refractivity contribution < 1.29 is 19.1 Å². The first-order chi connectivity index (χ1) is 12.7. The van der Waals surface area contributed by atoms with Gasteiger partial charge in [0.1, 0.15) is 13.2 Å². The fourth-order valence-electron chi connectivity index (χ4n) is 3.36. The van der Waals surface area contributed by atoms with Gasteiger partial charge in [-0.3, -0.25) is 9.59 Å². The van der Waals surface area contributed by atoms with Gasteiger partial charge in [0.2, 0.25) is 11.8 Å². The maximum absolute atomic E-state index is 12.1. The molecule has 1 saturated carbocycles. The predicted molar refractivity (Wildman–Crippen MR) is 98.8 cm³/mol. The maximum atomic E-state index is 12.1. The second-order valence-corrected chi connectivity index (χ2v) is 7.61. The molecular weight excluding hydrogens is 354 g/mol. The number of amides is 2. The lowest BCUT2D eigenvalue weighted by molar-refractivity contribution is -0.128. The standard InChI is InChI=1S/C18H21N3O4S/c22-16(10-19-17(23)11-4-2-1-3-5-11)21-18-20-12-8-13-14(9-15(12)26-18)25-7-6-24-13/h8-9,11H,1-7,10H2,(H,19,23)(H,20,21,22). The molecule has 26 heavy (non-hydrogen) atoms. The van der Waals surface area contributed by atoms with Gasteiger partial charge >= 0.3 is 0 Å². The minimum Gasteiger partial charge on any atom is -0.486 e. The Morgan fingerprint density at radius 1 is 1.12 bits per heavy atom. The highest BCUT2D eigenvalue weighted by Gasteiger charge is 2.21. The van der Waals surface area contributed by atoms with Crippen LogP contribution in [0, 0.1) is 5.92 Å². The van der Waals surface area contributed by atoms with E-state index in [2.05, 4.69) is 15.6 Å². The molecule has 1 fully saturated rings. The van der Waals surface area contributed by atoms with E-state index >= 15 is 0 Å². The molecule has 1 aliphatic heterocycles. The summed E-state index contributed by atoms with van der Waals surface area (Å²) in [6.07, 6.45) is 5.21.